The van der Waals surface area contributed by atoms with E-state index in [9.17, 15) is 8.42 Å². The third kappa shape index (κ3) is 3.02. The van der Waals surface area contributed by atoms with Crippen LogP contribution < -0.4 is 4.18 Å². The molecule has 0 unspecified atom stereocenters. The average Bonchev–Trinajstić information content (AvgIpc) is 2.99. The molecule has 0 bridgehead atoms. The van der Waals surface area contributed by atoms with Gasteiger partial charge in [-0.05, 0) is 95.9 Å². The predicted octanol–water partition coefficient (Wildman–Crippen LogP) is 5.84. The largest absolute Gasteiger partial charge is 0.383 e. The van der Waals surface area contributed by atoms with Crippen LogP contribution in [-0.4, -0.2) is 14.7 Å². The lowest BCUT2D eigenvalue weighted by Crippen LogP contribution is -2.47. The molecule has 2 saturated carbocycles. The Morgan fingerprint density at radius 2 is 1.73 bits per heavy atom. The standard InChI is InChI=1S/C26H32O3S/c1-25(19-7-5-4-6-8-19)16-14-24-23-11-9-18-17-20(29-30(3,27)28)10-12-21(18)22(23)13-15-26(24,25)2/h4-8,10,12,17,22-24H,9,11,13-16H2,1-3H3/t22-,23-,24+,25-,26+/m1/s1. The summed E-state index contributed by atoms with van der Waals surface area (Å²) in [7, 11) is -3.49. The van der Waals surface area contributed by atoms with E-state index in [0.717, 1.165) is 24.5 Å². The normalized spacial score (nSPS) is 35.2. The SMILES string of the molecule is C[C@]12CC[C@@H]3c4ccc(OS(C)(=O)=O)cc4CC[C@H]3[C@@H]1CC[C@]2(C)c1ccccc1. The predicted molar refractivity (Wildman–Crippen MR) is 120 cm³/mol. The van der Waals surface area contributed by atoms with Gasteiger partial charge >= 0.3 is 10.1 Å². The Labute approximate surface area is 181 Å². The monoisotopic (exact) mass is 424 g/mol. The fraction of sp³-hybridized carbons (Fsp3) is 0.538. The summed E-state index contributed by atoms with van der Waals surface area (Å²) in [6.07, 6.45) is 8.39. The summed E-state index contributed by atoms with van der Waals surface area (Å²) in [5, 5.41) is 0. The van der Waals surface area contributed by atoms with Gasteiger partial charge in [0.1, 0.15) is 5.75 Å². The number of aryl methyl sites for hydroxylation is 1. The van der Waals surface area contributed by atoms with E-state index < -0.39 is 10.1 Å². The van der Waals surface area contributed by atoms with Crippen LogP contribution in [0.1, 0.15) is 68.6 Å². The maximum absolute atomic E-state index is 11.5. The number of hydrogen-bond donors (Lipinski definition) is 0. The Kier molecular flexibility index (Phi) is 4.59. The van der Waals surface area contributed by atoms with Gasteiger partial charge in [-0.3, -0.25) is 0 Å². The van der Waals surface area contributed by atoms with E-state index >= 15 is 0 Å². The lowest BCUT2D eigenvalue weighted by molar-refractivity contribution is 0.0176. The second kappa shape index (κ2) is 6.85. The first-order valence-corrected chi connectivity index (χ1v) is 13.1. The molecule has 2 aromatic carbocycles. The molecule has 2 fully saturated rings. The van der Waals surface area contributed by atoms with Crippen LogP contribution in [-0.2, 0) is 22.0 Å². The molecule has 30 heavy (non-hydrogen) atoms. The fourth-order valence-corrected chi connectivity index (χ4v) is 7.79. The van der Waals surface area contributed by atoms with Crippen LogP contribution in [0.4, 0.5) is 0 Å². The van der Waals surface area contributed by atoms with Gasteiger partial charge in [-0.15, -0.1) is 0 Å². The van der Waals surface area contributed by atoms with Gasteiger partial charge in [-0.1, -0.05) is 50.2 Å². The van der Waals surface area contributed by atoms with Gasteiger partial charge in [-0.25, -0.2) is 0 Å². The first-order valence-electron chi connectivity index (χ1n) is 11.3. The molecule has 0 aliphatic heterocycles. The molecule has 0 saturated heterocycles. The molecule has 0 spiro atoms. The number of rotatable bonds is 3. The van der Waals surface area contributed by atoms with Crippen LogP contribution in [0, 0.1) is 17.3 Å². The minimum atomic E-state index is -3.49. The van der Waals surface area contributed by atoms with Gasteiger partial charge in [0.15, 0.2) is 0 Å². The van der Waals surface area contributed by atoms with Crippen molar-refractivity contribution in [1.82, 2.24) is 0 Å². The van der Waals surface area contributed by atoms with E-state index in [1.165, 1.54) is 48.8 Å². The van der Waals surface area contributed by atoms with E-state index in [-0.39, 0.29) is 5.41 Å². The van der Waals surface area contributed by atoms with Crippen molar-refractivity contribution in [3.05, 3.63) is 65.2 Å². The summed E-state index contributed by atoms with van der Waals surface area (Å²) in [6, 6.07) is 17.1. The maximum Gasteiger partial charge on any atom is 0.306 e. The smallest absolute Gasteiger partial charge is 0.306 e. The summed E-state index contributed by atoms with van der Waals surface area (Å²) in [6.45, 7) is 5.07. The van der Waals surface area contributed by atoms with Crippen molar-refractivity contribution in [3.8, 4) is 5.75 Å². The van der Waals surface area contributed by atoms with Gasteiger partial charge in [0, 0.05) is 0 Å². The number of hydrogen-bond acceptors (Lipinski definition) is 3. The first kappa shape index (κ1) is 20.1. The summed E-state index contributed by atoms with van der Waals surface area (Å²) >= 11 is 0. The van der Waals surface area contributed by atoms with Crippen LogP contribution in [0.3, 0.4) is 0 Å². The molecule has 0 radical (unpaired) electrons. The zero-order chi connectivity index (χ0) is 21.1. The Balaban J connectivity index is 1.46. The third-order valence-corrected chi connectivity index (χ3v) is 9.46. The second-order valence-corrected chi connectivity index (χ2v) is 11.8. The summed E-state index contributed by atoms with van der Waals surface area (Å²) in [5.74, 6) is 2.52. The molecule has 3 aliphatic rings. The molecule has 4 heteroatoms. The van der Waals surface area contributed by atoms with Gasteiger partial charge in [-0.2, -0.15) is 8.42 Å². The lowest BCUT2D eigenvalue weighted by Gasteiger charge is -2.54. The fourth-order valence-electron chi connectivity index (χ4n) is 7.33. The van der Waals surface area contributed by atoms with Crippen LogP contribution in [0.5, 0.6) is 5.75 Å². The molecule has 0 heterocycles. The molecular formula is C26H32O3S. The molecule has 0 aromatic heterocycles. The van der Waals surface area contributed by atoms with E-state index in [1.54, 1.807) is 0 Å². The molecule has 3 nitrogen and oxygen atoms in total. The molecule has 160 valence electrons. The Morgan fingerprint density at radius 1 is 0.967 bits per heavy atom. The summed E-state index contributed by atoms with van der Waals surface area (Å²) < 4.78 is 28.2. The zero-order valence-electron chi connectivity index (χ0n) is 18.2. The van der Waals surface area contributed by atoms with E-state index in [1.807, 2.05) is 12.1 Å². The quantitative estimate of drug-likeness (QED) is 0.582. The highest BCUT2D eigenvalue weighted by atomic mass is 32.2. The van der Waals surface area contributed by atoms with Crippen molar-refractivity contribution in [2.45, 2.75) is 63.7 Å². The van der Waals surface area contributed by atoms with Gasteiger partial charge < -0.3 is 4.18 Å². The molecular weight excluding hydrogens is 392 g/mol. The van der Waals surface area contributed by atoms with Crippen LogP contribution >= 0.6 is 0 Å². The molecule has 0 amide bonds. The first-order chi connectivity index (χ1) is 14.2. The topological polar surface area (TPSA) is 43.4 Å². The summed E-state index contributed by atoms with van der Waals surface area (Å²) in [4.78, 5) is 0. The van der Waals surface area contributed by atoms with E-state index in [0.29, 0.717) is 17.1 Å². The van der Waals surface area contributed by atoms with E-state index in [2.05, 4.69) is 50.2 Å². The minimum absolute atomic E-state index is 0.247. The second-order valence-electron chi connectivity index (χ2n) is 10.3. The van der Waals surface area contributed by atoms with Crippen molar-refractivity contribution in [2.24, 2.45) is 17.3 Å². The average molecular weight is 425 g/mol. The molecule has 5 atom stereocenters. The Bertz CT molecular complexity index is 1060. The van der Waals surface area contributed by atoms with Crippen molar-refractivity contribution in [2.75, 3.05) is 6.26 Å². The Hall–Kier alpha value is -1.81. The van der Waals surface area contributed by atoms with Gasteiger partial charge in [0.25, 0.3) is 0 Å². The lowest BCUT2D eigenvalue weighted by atomic mass is 9.50. The minimum Gasteiger partial charge on any atom is -0.383 e. The molecule has 5 rings (SSSR count). The molecule has 3 aliphatic carbocycles. The number of benzene rings is 2. The van der Waals surface area contributed by atoms with E-state index in [4.69, 9.17) is 4.18 Å². The van der Waals surface area contributed by atoms with Crippen LogP contribution in [0.15, 0.2) is 48.5 Å². The third-order valence-electron chi connectivity index (χ3n) is 8.96. The van der Waals surface area contributed by atoms with Crippen LogP contribution in [0.2, 0.25) is 0 Å². The van der Waals surface area contributed by atoms with Gasteiger partial charge in [0.05, 0.1) is 6.26 Å². The van der Waals surface area contributed by atoms with Crippen LogP contribution in [0.25, 0.3) is 0 Å². The molecule has 0 N–H and O–H groups in total. The maximum atomic E-state index is 11.5. The molecule has 2 aromatic rings. The van der Waals surface area contributed by atoms with Crippen molar-refractivity contribution < 1.29 is 12.6 Å². The Morgan fingerprint density at radius 3 is 2.47 bits per heavy atom. The van der Waals surface area contributed by atoms with Crippen molar-refractivity contribution in [3.63, 3.8) is 0 Å². The van der Waals surface area contributed by atoms with Crippen molar-refractivity contribution in [1.29, 1.82) is 0 Å². The highest BCUT2D eigenvalue weighted by Crippen LogP contribution is 2.67. The van der Waals surface area contributed by atoms with Crippen molar-refractivity contribution >= 4 is 10.1 Å². The highest BCUT2D eigenvalue weighted by Gasteiger charge is 2.60. The number of fused-ring (bicyclic) bond motifs is 5. The van der Waals surface area contributed by atoms with Gasteiger partial charge in [0.2, 0.25) is 0 Å². The zero-order valence-corrected chi connectivity index (χ0v) is 19.0. The highest BCUT2D eigenvalue weighted by molar-refractivity contribution is 7.86. The summed E-state index contributed by atoms with van der Waals surface area (Å²) in [5.41, 5.74) is 4.81.